The number of ether oxygens (including phenoxy) is 2. The summed E-state index contributed by atoms with van der Waals surface area (Å²) < 4.78 is 17.8. The summed E-state index contributed by atoms with van der Waals surface area (Å²) in [4.78, 5) is 27.8. The second-order valence-corrected chi connectivity index (χ2v) is 13.9. The topological polar surface area (TPSA) is 65.1 Å². The molecule has 0 N–H and O–H groups in total. The summed E-state index contributed by atoms with van der Waals surface area (Å²) >= 11 is 0. The first-order valence-electron chi connectivity index (χ1n) is 12.3. The van der Waals surface area contributed by atoms with Gasteiger partial charge in [-0.05, 0) is 49.4 Å². The predicted octanol–water partition coefficient (Wildman–Crippen LogP) is 5.54. The van der Waals surface area contributed by atoms with E-state index in [1.54, 1.807) is 0 Å². The van der Waals surface area contributed by atoms with Crippen LogP contribution >= 0.6 is 0 Å². The number of piperidine rings is 1. The Balaban J connectivity index is 1.87. The van der Waals surface area contributed by atoms with Crippen molar-refractivity contribution in [3.8, 4) is 0 Å². The van der Waals surface area contributed by atoms with Crippen molar-refractivity contribution in [1.82, 2.24) is 4.90 Å². The van der Waals surface area contributed by atoms with E-state index in [4.69, 9.17) is 13.9 Å². The molecule has 1 aromatic rings. The van der Waals surface area contributed by atoms with E-state index in [1.807, 2.05) is 48.2 Å². The minimum atomic E-state index is -1.94. The fourth-order valence-electron chi connectivity index (χ4n) is 5.48. The average Bonchev–Trinajstić information content (AvgIpc) is 2.87. The van der Waals surface area contributed by atoms with Crippen LogP contribution in [0.25, 0.3) is 0 Å². The summed E-state index contributed by atoms with van der Waals surface area (Å²) in [5.41, 5.74) is 2.06. The van der Waals surface area contributed by atoms with Gasteiger partial charge in [0.2, 0.25) is 0 Å². The Morgan fingerprint density at radius 3 is 2.33 bits per heavy atom. The summed E-state index contributed by atoms with van der Waals surface area (Å²) in [5, 5.41) is 0. The molecule has 1 amide bonds. The van der Waals surface area contributed by atoms with Crippen LogP contribution in [-0.4, -0.2) is 51.1 Å². The Hall–Kier alpha value is -2.12. The van der Waals surface area contributed by atoms with Crippen LogP contribution < -0.4 is 0 Å². The lowest BCUT2D eigenvalue weighted by molar-refractivity contribution is -0.152. The zero-order valence-electron chi connectivity index (χ0n) is 20.7. The van der Waals surface area contributed by atoms with E-state index in [-0.39, 0.29) is 42.7 Å². The van der Waals surface area contributed by atoms with Gasteiger partial charge >= 0.3 is 12.1 Å². The van der Waals surface area contributed by atoms with E-state index in [0.717, 1.165) is 29.3 Å². The van der Waals surface area contributed by atoms with Gasteiger partial charge < -0.3 is 13.9 Å². The van der Waals surface area contributed by atoms with Crippen LogP contribution in [0, 0.1) is 11.8 Å². The second kappa shape index (κ2) is 11.3. The molecule has 6 nitrogen and oxygen atoms in total. The minimum absolute atomic E-state index is 0.0754. The molecule has 0 radical (unpaired) electrons. The summed E-state index contributed by atoms with van der Waals surface area (Å²) in [6, 6.07) is 12.7. The average molecular weight is 474 g/mol. The van der Waals surface area contributed by atoms with E-state index >= 15 is 0 Å². The van der Waals surface area contributed by atoms with Crippen LogP contribution in [0.4, 0.5) is 4.79 Å². The highest BCUT2D eigenvalue weighted by Crippen LogP contribution is 2.45. The molecule has 7 heteroatoms. The Labute approximate surface area is 199 Å². The molecule has 4 atom stereocenters. The number of esters is 1. The number of allylic oxidation sites excluding steroid dienone is 1. The van der Waals surface area contributed by atoms with Gasteiger partial charge in [-0.1, -0.05) is 62.8 Å². The summed E-state index contributed by atoms with van der Waals surface area (Å²) in [5.74, 6) is -0.336. The van der Waals surface area contributed by atoms with Gasteiger partial charge in [0, 0.05) is 6.54 Å². The van der Waals surface area contributed by atoms with E-state index in [1.165, 1.54) is 7.11 Å². The van der Waals surface area contributed by atoms with Crippen molar-refractivity contribution in [2.45, 2.75) is 77.4 Å². The summed E-state index contributed by atoms with van der Waals surface area (Å²) in [6.07, 6.45) is 2.82. The van der Waals surface area contributed by atoms with Gasteiger partial charge in [0.25, 0.3) is 0 Å². The third kappa shape index (κ3) is 5.52. The van der Waals surface area contributed by atoms with Gasteiger partial charge in [-0.25, -0.2) is 4.79 Å². The fourth-order valence-corrected chi connectivity index (χ4v) is 8.38. The standard InChI is InChI=1S/C26H39NO5Si/c1-6-20-17-27(26(29)31-18-19-13-11-10-12-14-19)23-15-21(20)22(25(28)30-5)16-24(23)32-33(7-2,8-3)9-4/h6,10-14,21-24H,7-9,15-18H2,1-5H3/b20-6-/t21-,22-,23-,24?/m0/s1. The zero-order valence-corrected chi connectivity index (χ0v) is 21.7. The lowest BCUT2D eigenvalue weighted by Crippen LogP contribution is -2.61. The molecule has 0 spiro atoms. The Morgan fingerprint density at radius 2 is 1.76 bits per heavy atom. The number of benzene rings is 1. The van der Waals surface area contributed by atoms with Crippen LogP contribution in [0.3, 0.4) is 0 Å². The number of rotatable bonds is 8. The van der Waals surface area contributed by atoms with Crippen molar-refractivity contribution < 1.29 is 23.5 Å². The van der Waals surface area contributed by atoms with Crippen LogP contribution in [0.2, 0.25) is 18.1 Å². The molecule has 3 rings (SSSR count). The van der Waals surface area contributed by atoms with Crippen molar-refractivity contribution in [3.05, 3.63) is 47.5 Å². The maximum absolute atomic E-state index is 13.3. The molecular weight excluding hydrogens is 434 g/mol. The molecule has 2 aliphatic rings. The number of carbonyl (C=O) groups is 2. The molecule has 33 heavy (non-hydrogen) atoms. The molecule has 1 heterocycles. The maximum Gasteiger partial charge on any atom is 0.410 e. The Bertz CT molecular complexity index is 830. The van der Waals surface area contributed by atoms with Gasteiger partial charge in [-0.2, -0.15) is 0 Å². The third-order valence-electron chi connectivity index (χ3n) is 7.77. The van der Waals surface area contributed by atoms with Crippen LogP contribution in [0.1, 0.15) is 46.1 Å². The number of fused-ring (bicyclic) bond motifs is 2. The molecule has 1 saturated carbocycles. The first kappa shape index (κ1) is 25.5. The normalized spacial score (nSPS) is 26.2. The molecule has 182 valence electrons. The number of nitrogens with zero attached hydrogens (tertiary/aromatic N) is 1. The van der Waals surface area contributed by atoms with E-state index in [9.17, 15) is 9.59 Å². The number of hydrogen-bond acceptors (Lipinski definition) is 5. The van der Waals surface area contributed by atoms with Gasteiger partial charge in [0.05, 0.1) is 25.2 Å². The van der Waals surface area contributed by atoms with E-state index in [0.29, 0.717) is 19.4 Å². The molecule has 1 aromatic carbocycles. The molecule has 1 aliphatic carbocycles. The number of hydrogen-bond donors (Lipinski definition) is 0. The van der Waals surface area contributed by atoms with Gasteiger partial charge in [-0.15, -0.1) is 0 Å². The maximum atomic E-state index is 13.3. The van der Waals surface area contributed by atoms with Crippen LogP contribution in [0.5, 0.6) is 0 Å². The number of amides is 1. The van der Waals surface area contributed by atoms with Crippen molar-refractivity contribution in [1.29, 1.82) is 0 Å². The highest BCUT2D eigenvalue weighted by atomic mass is 28.4. The molecule has 1 aliphatic heterocycles. The highest BCUT2D eigenvalue weighted by molar-refractivity contribution is 6.73. The molecule has 0 aromatic heterocycles. The third-order valence-corrected chi connectivity index (χ3v) is 12.4. The Kier molecular flexibility index (Phi) is 8.76. The lowest BCUT2D eigenvalue weighted by atomic mass is 9.69. The number of carbonyl (C=O) groups excluding carboxylic acids is 2. The predicted molar refractivity (Wildman–Crippen MR) is 131 cm³/mol. The molecular formula is C26H39NO5Si. The highest BCUT2D eigenvalue weighted by Gasteiger charge is 2.51. The fraction of sp³-hybridized carbons (Fsp3) is 0.615. The lowest BCUT2D eigenvalue weighted by Gasteiger charge is -2.51. The van der Waals surface area contributed by atoms with Crippen molar-refractivity contribution in [3.63, 3.8) is 0 Å². The summed E-state index contributed by atoms with van der Waals surface area (Å²) in [7, 11) is -0.484. The van der Waals surface area contributed by atoms with Gasteiger partial charge in [-0.3, -0.25) is 9.69 Å². The van der Waals surface area contributed by atoms with E-state index in [2.05, 4.69) is 20.8 Å². The smallest absolute Gasteiger partial charge is 0.410 e. The monoisotopic (exact) mass is 473 g/mol. The van der Waals surface area contributed by atoms with Gasteiger partial charge in [0.15, 0.2) is 8.32 Å². The molecule has 1 unspecified atom stereocenters. The van der Waals surface area contributed by atoms with Crippen LogP contribution in [-0.2, 0) is 25.3 Å². The van der Waals surface area contributed by atoms with Crippen molar-refractivity contribution >= 4 is 20.4 Å². The largest absolute Gasteiger partial charge is 0.469 e. The van der Waals surface area contributed by atoms with Crippen molar-refractivity contribution in [2.24, 2.45) is 11.8 Å². The quantitative estimate of drug-likeness (QED) is 0.282. The van der Waals surface area contributed by atoms with Gasteiger partial charge in [0.1, 0.15) is 6.61 Å². The Morgan fingerprint density at radius 1 is 1.09 bits per heavy atom. The number of likely N-dealkylation sites (tertiary alicyclic amines) is 1. The molecule has 2 fully saturated rings. The SMILES string of the molecule is C/C=C1/CN(C(=O)OCc2ccccc2)[C@H]2C[C@@H]1[C@@H](C(=O)OC)CC2O[Si](CC)(CC)CC. The first-order valence-corrected chi connectivity index (χ1v) is 14.8. The van der Waals surface area contributed by atoms with Crippen LogP contribution in [0.15, 0.2) is 42.0 Å². The molecule has 2 bridgehead atoms. The molecule has 1 saturated heterocycles. The zero-order chi connectivity index (χ0) is 24.0. The van der Waals surface area contributed by atoms with E-state index < -0.39 is 8.32 Å². The summed E-state index contributed by atoms with van der Waals surface area (Å²) in [6.45, 7) is 9.29. The second-order valence-electron chi connectivity index (χ2n) is 9.21. The van der Waals surface area contributed by atoms with Crippen molar-refractivity contribution in [2.75, 3.05) is 13.7 Å². The minimum Gasteiger partial charge on any atom is -0.469 e. The first-order chi connectivity index (χ1) is 15.9. The number of methoxy groups -OCH3 is 1.